The van der Waals surface area contributed by atoms with Crippen molar-refractivity contribution < 1.29 is 33.3 Å². The smallest absolute Gasteiger partial charge is 0.189 e. The van der Waals surface area contributed by atoms with Crippen LogP contribution in [-0.4, -0.2) is 42.0 Å². The van der Waals surface area contributed by atoms with Crippen molar-refractivity contribution in [3.8, 4) is 0 Å². The molecule has 2 nitrogen and oxygen atoms in total. The van der Waals surface area contributed by atoms with E-state index in [4.69, 9.17) is 0 Å². The zero-order valence-electron chi connectivity index (χ0n) is 12.1. The quantitative estimate of drug-likeness (QED) is 0.484. The molecule has 0 N–H and O–H groups in total. The molecule has 2 unspecified atom stereocenters. The highest BCUT2D eigenvalue weighted by atomic mass is 127. The first-order valence-corrected chi connectivity index (χ1v) is 8.03. The number of quaternary nitrogens is 1. The molecule has 0 aromatic carbocycles. The van der Waals surface area contributed by atoms with Gasteiger partial charge >= 0.3 is 0 Å². The second-order valence-electron chi connectivity index (χ2n) is 5.82. The number of thioether (sulfide) groups is 1. The summed E-state index contributed by atoms with van der Waals surface area (Å²) < 4.78 is 1.18. The summed E-state index contributed by atoms with van der Waals surface area (Å²) in [5.41, 5.74) is 0. The van der Waals surface area contributed by atoms with Crippen LogP contribution in [0.2, 0.25) is 0 Å². The Balaban J connectivity index is 0.00000289. The van der Waals surface area contributed by atoms with Crippen LogP contribution in [0.5, 0.6) is 0 Å². The second kappa shape index (κ2) is 9.59. The summed E-state index contributed by atoms with van der Waals surface area (Å²) in [4.78, 5) is 11.6. The summed E-state index contributed by atoms with van der Waals surface area (Å²) in [6.07, 6.45) is 5.68. The van der Waals surface area contributed by atoms with Gasteiger partial charge in [0.25, 0.3) is 0 Å². The van der Waals surface area contributed by atoms with Crippen molar-refractivity contribution in [3.05, 3.63) is 0 Å². The minimum absolute atomic E-state index is 0. The van der Waals surface area contributed by atoms with E-state index in [1.165, 1.54) is 30.4 Å². The Labute approximate surface area is 134 Å². The maximum atomic E-state index is 11.6. The molecule has 0 aliphatic carbocycles. The highest BCUT2D eigenvalue weighted by Gasteiger charge is 2.28. The van der Waals surface area contributed by atoms with Crippen molar-refractivity contribution >= 4 is 16.9 Å². The molecule has 1 rings (SSSR count). The van der Waals surface area contributed by atoms with Crippen molar-refractivity contribution in [1.82, 2.24) is 0 Å². The van der Waals surface area contributed by atoms with E-state index in [-0.39, 0.29) is 24.0 Å². The minimum Gasteiger partial charge on any atom is -1.00 e. The van der Waals surface area contributed by atoms with Crippen LogP contribution < -0.4 is 24.0 Å². The number of likely N-dealkylation sites (tertiary alicyclic amines) is 1. The van der Waals surface area contributed by atoms with Gasteiger partial charge in [0.1, 0.15) is 0 Å². The van der Waals surface area contributed by atoms with Gasteiger partial charge < -0.3 is 28.5 Å². The third-order valence-corrected chi connectivity index (χ3v) is 4.69. The lowest BCUT2D eigenvalue weighted by Crippen LogP contribution is -3.00. The Morgan fingerprint density at radius 3 is 2.78 bits per heavy atom. The van der Waals surface area contributed by atoms with Gasteiger partial charge in [-0.3, -0.25) is 4.79 Å². The average Bonchev–Trinajstić information content (AvgIpc) is 2.25. The normalized spacial score (nSPS) is 27.6. The summed E-state index contributed by atoms with van der Waals surface area (Å²) in [7, 11) is 2.35. The van der Waals surface area contributed by atoms with Gasteiger partial charge in [-0.15, -0.1) is 0 Å². The SMILES string of the molecule is CCCCC(=O)SCC[N+]1(C)CCCC(C)C1.[I-]. The lowest BCUT2D eigenvalue weighted by molar-refractivity contribution is -0.915. The highest BCUT2D eigenvalue weighted by molar-refractivity contribution is 8.13. The van der Waals surface area contributed by atoms with Crippen molar-refractivity contribution in [2.45, 2.75) is 46.0 Å². The second-order valence-corrected chi connectivity index (χ2v) is 6.97. The summed E-state index contributed by atoms with van der Waals surface area (Å²) in [6.45, 7) is 8.25. The molecule has 18 heavy (non-hydrogen) atoms. The first-order valence-electron chi connectivity index (χ1n) is 7.05. The van der Waals surface area contributed by atoms with Crippen LogP contribution in [0.1, 0.15) is 46.0 Å². The fourth-order valence-electron chi connectivity index (χ4n) is 2.73. The number of rotatable bonds is 6. The van der Waals surface area contributed by atoms with E-state index in [1.807, 2.05) is 0 Å². The van der Waals surface area contributed by atoms with Crippen LogP contribution in [0.25, 0.3) is 0 Å². The fraction of sp³-hybridized carbons (Fsp3) is 0.929. The van der Waals surface area contributed by atoms with E-state index >= 15 is 0 Å². The minimum atomic E-state index is 0. The molecule has 1 aliphatic rings. The van der Waals surface area contributed by atoms with Gasteiger partial charge in [0.05, 0.1) is 32.4 Å². The summed E-state index contributed by atoms with van der Waals surface area (Å²) >= 11 is 1.56. The molecule has 108 valence electrons. The van der Waals surface area contributed by atoms with Crippen LogP contribution in [-0.2, 0) is 4.79 Å². The topological polar surface area (TPSA) is 17.1 Å². The monoisotopic (exact) mass is 385 g/mol. The average molecular weight is 385 g/mol. The summed E-state index contributed by atoms with van der Waals surface area (Å²) in [5, 5.41) is 0.392. The number of hydrogen-bond acceptors (Lipinski definition) is 2. The Hall–Kier alpha value is 0.710. The number of hydrogen-bond donors (Lipinski definition) is 0. The molecule has 4 heteroatoms. The van der Waals surface area contributed by atoms with Gasteiger partial charge in [-0.25, -0.2) is 0 Å². The van der Waals surface area contributed by atoms with Crippen LogP contribution in [0.15, 0.2) is 0 Å². The molecule has 0 amide bonds. The largest absolute Gasteiger partial charge is 1.00 e. The van der Waals surface area contributed by atoms with E-state index in [0.29, 0.717) is 5.12 Å². The summed E-state index contributed by atoms with van der Waals surface area (Å²) in [6, 6.07) is 0. The third kappa shape index (κ3) is 7.34. The zero-order chi connectivity index (χ0) is 12.7. The molecule has 0 aromatic heterocycles. The number of halogens is 1. The van der Waals surface area contributed by atoms with E-state index in [1.54, 1.807) is 11.8 Å². The van der Waals surface area contributed by atoms with E-state index in [0.717, 1.165) is 37.5 Å². The molecule has 0 bridgehead atoms. The molecular formula is C14H28INOS. The maximum Gasteiger partial charge on any atom is 0.189 e. The Kier molecular flexibility index (Phi) is 9.97. The Morgan fingerprint density at radius 2 is 2.17 bits per heavy atom. The Bertz CT molecular complexity index is 250. The molecule has 1 fully saturated rings. The third-order valence-electron chi connectivity index (χ3n) is 3.78. The number of nitrogens with zero attached hydrogens (tertiary/aromatic N) is 1. The van der Waals surface area contributed by atoms with Crippen molar-refractivity contribution in [3.63, 3.8) is 0 Å². The van der Waals surface area contributed by atoms with Gasteiger partial charge in [0.2, 0.25) is 0 Å². The zero-order valence-corrected chi connectivity index (χ0v) is 15.1. The molecule has 1 aliphatic heterocycles. The van der Waals surface area contributed by atoms with E-state index < -0.39 is 0 Å². The summed E-state index contributed by atoms with van der Waals surface area (Å²) in [5.74, 6) is 1.86. The van der Waals surface area contributed by atoms with Crippen LogP contribution >= 0.6 is 11.8 Å². The van der Waals surface area contributed by atoms with Gasteiger partial charge in [-0.2, -0.15) is 0 Å². The molecule has 0 radical (unpaired) electrons. The van der Waals surface area contributed by atoms with E-state index in [2.05, 4.69) is 20.9 Å². The molecule has 0 spiro atoms. The predicted molar refractivity (Wildman–Crippen MR) is 76.2 cm³/mol. The first-order chi connectivity index (χ1) is 8.06. The van der Waals surface area contributed by atoms with Crippen molar-refractivity contribution in [2.75, 3.05) is 32.4 Å². The fourth-order valence-corrected chi connectivity index (χ4v) is 3.78. The number of carbonyl (C=O) groups excluding carboxylic acids is 1. The Morgan fingerprint density at radius 1 is 1.44 bits per heavy atom. The van der Waals surface area contributed by atoms with Gasteiger partial charge in [0.15, 0.2) is 5.12 Å². The number of unbranched alkanes of at least 4 members (excludes halogenated alkanes) is 1. The lowest BCUT2D eigenvalue weighted by Gasteiger charge is -2.40. The standard InChI is InChI=1S/C14H28NOS.HI/c1-4-5-8-14(16)17-11-10-15(3)9-6-7-13(2)12-15;/h13H,4-12H2,1-3H3;1H/q+1;/p-1. The van der Waals surface area contributed by atoms with Crippen molar-refractivity contribution in [2.24, 2.45) is 5.92 Å². The van der Waals surface area contributed by atoms with Crippen LogP contribution in [0, 0.1) is 5.92 Å². The number of piperidine rings is 1. The highest BCUT2D eigenvalue weighted by Crippen LogP contribution is 2.22. The van der Waals surface area contributed by atoms with Crippen LogP contribution in [0.4, 0.5) is 0 Å². The molecule has 0 saturated carbocycles. The predicted octanol–water partition coefficient (Wildman–Crippen LogP) is 0.317. The number of carbonyl (C=O) groups is 1. The molecule has 0 aromatic rings. The van der Waals surface area contributed by atoms with Gasteiger partial charge in [0, 0.05) is 12.3 Å². The lowest BCUT2D eigenvalue weighted by atomic mass is 9.98. The molecule has 2 atom stereocenters. The maximum absolute atomic E-state index is 11.6. The molecular weight excluding hydrogens is 357 g/mol. The molecule has 1 heterocycles. The van der Waals surface area contributed by atoms with Gasteiger partial charge in [-0.05, 0) is 19.3 Å². The first kappa shape index (κ1) is 18.7. The molecule has 1 saturated heterocycles. The van der Waals surface area contributed by atoms with Crippen molar-refractivity contribution in [1.29, 1.82) is 0 Å². The van der Waals surface area contributed by atoms with E-state index in [9.17, 15) is 4.79 Å². The van der Waals surface area contributed by atoms with Crippen LogP contribution in [0.3, 0.4) is 0 Å². The van der Waals surface area contributed by atoms with Gasteiger partial charge in [-0.1, -0.05) is 32.0 Å².